The fraction of sp³-hybridized carbons (Fsp3) is 0.294. The summed E-state index contributed by atoms with van der Waals surface area (Å²) >= 11 is 6.31. The van der Waals surface area contributed by atoms with Gasteiger partial charge >= 0.3 is 5.97 Å². The quantitative estimate of drug-likeness (QED) is 0.779. The number of carboxylic acids is 1. The maximum Gasteiger partial charge on any atom is 0.326 e. The lowest BCUT2D eigenvalue weighted by Crippen LogP contribution is -2.22. The van der Waals surface area contributed by atoms with E-state index in [0.29, 0.717) is 17.0 Å². The van der Waals surface area contributed by atoms with Gasteiger partial charge in [0.25, 0.3) is 5.91 Å². The first-order chi connectivity index (χ1) is 11.8. The predicted molar refractivity (Wildman–Crippen MR) is 95.7 cm³/mol. The molecule has 1 aliphatic heterocycles. The molecule has 0 aliphatic carbocycles. The lowest BCUT2D eigenvalue weighted by atomic mass is 10.0. The van der Waals surface area contributed by atoms with Crippen molar-refractivity contribution in [2.75, 3.05) is 0 Å². The molecule has 0 saturated heterocycles. The smallest absolute Gasteiger partial charge is 0.326 e. The molecule has 1 aromatic heterocycles. The van der Waals surface area contributed by atoms with Crippen molar-refractivity contribution in [2.45, 2.75) is 26.3 Å². The van der Waals surface area contributed by atoms with Gasteiger partial charge in [-0.25, -0.2) is 9.79 Å². The van der Waals surface area contributed by atoms with Crippen LogP contribution < -0.4 is 10.6 Å². The summed E-state index contributed by atoms with van der Waals surface area (Å²) in [7, 11) is 0. The van der Waals surface area contributed by atoms with E-state index in [1.807, 2.05) is 13.8 Å². The van der Waals surface area contributed by atoms with Gasteiger partial charge in [0.2, 0.25) is 5.88 Å². The fourth-order valence-electron chi connectivity index (χ4n) is 2.86. The number of aromatic nitrogens is 1. The van der Waals surface area contributed by atoms with Crippen molar-refractivity contribution in [2.24, 2.45) is 10.9 Å². The van der Waals surface area contributed by atoms with Gasteiger partial charge in [0.15, 0.2) is 3.95 Å². The Morgan fingerprint density at radius 2 is 2.04 bits per heavy atom. The Balaban J connectivity index is 2.23. The first-order valence-electron chi connectivity index (χ1n) is 7.71. The molecular weight excluding hydrogens is 360 g/mol. The van der Waals surface area contributed by atoms with Crippen LogP contribution in [0.5, 0.6) is 5.88 Å². The highest BCUT2D eigenvalue weighted by Gasteiger charge is 2.30. The van der Waals surface area contributed by atoms with Crippen LogP contribution >= 0.6 is 23.6 Å². The van der Waals surface area contributed by atoms with Gasteiger partial charge < -0.3 is 10.2 Å². The van der Waals surface area contributed by atoms with Crippen LogP contribution in [0, 0.1) is 9.87 Å². The van der Waals surface area contributed by atoms with Crippen molar-refractivity contribution in [3.63, 3.8) is 0 Å². The molecule has 3 rings (SSSR count). The number of amides is 1. The Morgan fingerprint density at radius 1 is 1.36 bits per heavy atom. The number of carbonyl (C=O) groups is 2. The third kappa shape index (κ3) is 3.03. The number of carboxylic acid groups (broad SMARTS) is 1. The summed E-state index contributed by atoms with van der Waals surface area (Å²) in [4.78, 5) is 28.2. The van der Waals surface area contributed by atoms with E-state index in [4.69, 9.17) is 12.2 Å². The van der Waals surface area contributed by atoms with E-state index in [1.165, 1.54) is 4.57 Å². The summed E-state index contributed by atoms with van der Waals surface area (Å²) < 4.78 is 1.43. The Labute approximate surface area is 152 Å². The molecule has 8 heteroatoms. The summed E-state index contributed by atoms with van der Waals surface area (Å²) in [5.41, 5.74) is 0.261. The topological polar surface area (TPSA) is 91.9 Å². The first kappa shape index (κ1) is 17.5. The minimum Gasteiger partial charge on any atom is -0.493 e. The van der Waals surface area contributed by atoms with E-state index in [2.05, 4.69) is 4.99 Å². The number of aliphatic carboxylic acids is 1. The van der Waals surface area contributed by atoms with E-state index in [0.717, 1.165) is 11.3 Å². The third-order valence-electron chi connectivity index (χ3n) is 3.95. The molecule has 2 aromatic rings. The normalized spacial score (nSPS) is 14.5. The zero-order valence-corrected chi connectivity index (χ0v) is 15.2. The van der Waals surface area contributed by atoms with Crippen LogP contribution in [0.4, 0.5) is 0 Å². The van der Waals surface area contributed by atoms with Crippen molar-refractivity contribution < 1.29 is 19.8 Å². The van der Waals surface area contributed by atoms with Gasteiger partial charge in [-0.3, -0.25) is 9.36 Å². The second-order valence-electron chi connectivity index (χ2n) is 6.18. The zero-order chi connectivity index (χ0) is 18.3. The maximum absolute atomic E-state index is 12.3. The van der Waals surface area contributed by atoms with Crippen LogP contribution in [0.2, 0.25) is 0 Å². The van der Waals surface area contributed by atoms with Crippen LogP contribution in [0.1, 0.15) is 31.2 Å². The molecule has 0 saturated carbocycles. The monoisotopic (exact) mass is 376 g/mol. The number of hydrogen-bond acceptors (Lipinski definition) is 5. The van der Waals surface area contributed by atoms with Gasteiger partial charge in [-0.15, -0.1) is 11.3 Å². The molecule has 1 aromatic carbocycles. The van der Waals surface area contributed by atoms with E-state index in [9.17, 15) is 19.8 Å². The predicted octanol–water partition coefficient (Wildman–Crippen LogP) is 2.02. The summed E-state index contributed by atoms with van der Waals surface area (Å²) in [6.07, 6.45) is 0.317. The molecule has 1 atom stereocenters. The van der Waals surface area contributed by atoms with E-state index in [-0.39, 0.29) is 26.2 Å². The summed E-state index contributed by atoms with van der Waals surface area (Å²) in [6, 6.07) is 6.02. The van der Waals surface area contributed by atoms with Crippen LogP contribution in [-0.4, -0.2) is 26.7 Å². The molecule has 2 heterocycles. The van der Waals surface area contributed by atoms with Gasteiger partial charge in [-0.1, -0.05) is 32.0 Å². The summed E-state index contributed by atoms with van der Waals surface area (Å²) in [6.45, 7) is 3.79. The zero-order valence-electron chi connectivity index (χ0n) is 13.6. The van der Waals surface area contributed by atoms with E-state index >= 15 is 0 Å². The van der Waals surface area contributed by atoms with E-state index < -0.39 is 17.9 Å². The van der Waals surface area contributed by atoms with Crippen LogP contribution in [-0.2, 0) is 9.59 Å². The van der Waals surface area contributed by atoms with Gasteiger partial charge in [0, 0.05) is 5.22 Å². The van der Waals surface area contributed by atoms with Crippen LogP contribution in [0.15, 0.2) is 29.3 Å². The van der Waals surface area contributed by atoms with Crippen molar-refractivity contribution in [3.8, 4) is 5.88 Å². The number of para-hydroxylation sites is 1. The Hall–Kier alpha value is -2.32. The SMILES string of the molecule is CC(C)C[C@@H](C(=O)O)n1c(O)c(C2=c3ccccc3=NC2=O)sc1=S. The molecule has 0 fully saturated rings. The molecular formula is C17H16N2O4S2. The van der Waals surface area contributed by atoms with Crippen molar-refractivity contribution in [1.82, 2.24) is 4.57 Å². The molecule has 1 aliphatic rings. The van der Waals surface area contributed by atoms with Crippen molar-refractivity contribution >= 4 is 41.0 Å². The third-order valence-corrected chi connectivity index (χ3v) is 5.35. The minimum absolute atomic E-state index is 0.0993. The maximum atomic E-state index is 12.3. The molecule has 6 nitrogen and oxygen atoms in total. The number of benzene rings is 1. The van der Waals surface area contributed by atoms with Gasteiger partial charge in [-0.2, -0.15) is 0 Å². The highest BCUT2D eigenvalue weighted by molar-refractivity contribution is 7.73. The lowest BCUT2D eigenvalue weighted by Gasteiger charge is -2.17. The summed E-state index contributed by atoms with van der Waals surface area (Å²) in [5, 5.41) is 21.4. The largest absolute Gasteiger partial charge is 0.493 e. The summed E-state index contributed by atoms with van der Waals surface area (Å²) in [5.74, 6) is -1.73. The Morgan fingerprint density at radius 3 is 2.68 bits per heavy atom. The van der Waals surface area contributed by atoms with Gasteiger partial charge in [-0.05, 0) is 30.6 Å². The molecule has 25 heavy (non-hydrogen) atoms. The average molecular weight is 376 g/mol. The lowest BCUT2D eigenvalue weighted by molar-refractivity contribution is -0.141. The highest BCUT2D eigenvalue weighted by atomic mass is 32.1. The van der Waals surface area contributed by atoms with Crippen LogP contribution in [0.25, 0.3) is 5.57 Å². The van der Waals surface area contributed by atoms with E-state index in [1.54, 1.807) is 24.3 Å². The number of thiazole rings is 1. The molecule has 0 unspecified atom stereocenters. The highest BCUT2D eigenvalue weighted by Crippen LogP contribution is 2.36. The number of nitrogens with zero attached hydrogens (tertiary/aromatic N) is 2. The first-order valence-corrected chi connectivity index (χ1v) is 8.93. The van der Waals surface area contributed by atoms with Gasteiger partial charge in [0.1, 0.15) is 10.9 Å². The van der Waals surface area contributed by atoms with Gasteiger partial charge in [0.05, 0.1) is 10.9 Å². The number of hydrogen-bond donors (Lipinski definition) is 2. The Bertz CT molecular complexity index is 1050. The number of carbonyl (C=O) groups excluding carboxylic acids is 1. The standard InChI is InChI=1S/C17H16N2O4S2/c1-8(2)7-11(16(22)23)19-15(21)13(25-17(19)24)12-9-5-3-4-6-10(9)18-14(12)20/h3-6,8,11,21H,7H2,1-2H3,(H,22,23)/t11-/m0/s1. The minimum atomic E-state index is -1.07. The Kier molecular flexibility index (Phi) is 4.57. The van der Waals surface area contributed by atoms with Crippen LogP contribution in [0.3, 0.4) is 0 Å². The number of aromatic hydroxyl groups is 1. The molecule has 0 radical (unpaired) electrons. The molecule has 0 bridgehead atoms. The fourth-order valence-corrected chi connectivity index (χ4v) is 4.30. The number of fused-ring (bicyclic) bond motifs is 1. The molecule has 0 spiro atoms. The molecule has 130 valence electrons. The molecule has 2 N–H and O–H groups in total. The number of rotatable bonds is 5. The molecule has 1 amide bonds. The second kappa shape index (κ2) is 6.53. The average Bonchev–Trinajstić information content (AvgIpc) is 3.00. The second-order valence-corrected chi connectivity index (χ2v) is 7.83. The van der Waals surface area contributed by atoms with Crippen molar-refractivity contribution in [3.05, 3.63) is 43.7 Å². The van der Waals surface area contributed by atoms with Crippen molar-refractivity contribution in [1.29, 1.82) is 0 Å².